The predicted octanol–water partition coefficient (Wildman–Crippen LogP) is 2.97. The van der Waals surface area contributed by atoms with Gasteiger partial charge in [0.2, 0.25) is 15.9 Å². The number of carbonyl (C=O) groups is 1. The first-order valence-electron chi connectivity index (χ1n) is 8.96. The largest absolute Gasteiger partial charge is 0.325 e. The summed E-state index contributed by atoms with van der Waals surface area (Å²) in [6.45, 7) is 5.75. The number of hydrogen-bond donors (Lipinski definition) is 2. The maximum Gasteiger partial charge on any atom is 0.241 e. The maximum absolute atomic E-state index is 13.0. The summed E-state index contributed by atoms with van der Waals surface area (Å²) in [5, 5.41) is 2.78. The summed E-state index contributed by atoms with van der Waals surface area (Å²) >= 11 is 0. The predicted molar refractivity (Wildman–Crippen MR) is 108 cm³/mol. The molecule has 0 aliphatic rings. The van der Waals surface area contributed by atoms with Gasteiger partial charge in [0.05, 0.1) is 10.9 Å². The molecule has 0 saturated carbocycles. The molecule has 0 fully saturated rings. The van der Waals surface area contributed by atoms with Crippen molar-refractivity contribution in [1.82, 2.24) is 9.62 Å². The van der Waals surface area contributed by atoms with Gasteiger partial charge < -0.3 is 5.32 Å². The molecule has 2 aromatic carbocycles. The second-order valence-electron chi connectivity index (χ2n) is 7.01. The highest BCUT2D eigenvalue weighted by Crippen LogP contribution is 2.16. The highest BCUT2D eigenvalue weighted by atomic mass is 32.2. The van der Waals surface area contributed by atoms with Crippen LogP contribution in [0.15, 0.2) is 53.4 Å². The number of hydrogen-bond acceptors (Lipinski definition) is 4. The minimum Gasteiger partial charge on any atom is -0.325 e. The Morgan fingerprint density at radius 3 is 2.14 bits per heavy atom. The standard InChI is InChI=1S/C20H26FN3O3S/c1-14(2)23-28(26,27)19-11-9-18(10-12-19)22-20(25)15(3)24(4)13-16-5-7-17(21)8-6-16/h5-12,14-15,23H,13H2,1-4H3,(H,22,25)/t15-/m0/s1. The maximum atomic E-state index is 13.0. The highest BCUT2D eigenvalue weighted by Gasteiger charge is 2.19. The lowest BCUT2D eigenvalue weighted by Gasteiger charge is -2.24. The number of amides is 1. The first kappa shape index (κ1) is 22.0. The van der Waals surface area contributed by atoms with E-state index in [-0.39, 0.29) is 22.7 Å². The van der Waals surface area contributed by atoms with Crippen molar-refractivity contribution in [3.05, 3.63) is 59.9 Å². The van der Waals surface area contributed by atoms with Crippen LogP contribution in [0.3, 0.4) is 0 Å². The van der Waals surface area contributed by atoms with Gasteiger partial charge in [0.1, 0.15) is 5.82 Å². The van der Waals surface area contributed by atoms with Crippen LogP contribution in [0.4, 0.5) is 10.1 Å². The average Bonchev–Trinajstić information content (AvgIpc) is 2.62. The third kappa shape index (κ3) is 6.12. The number of likely N-dealkylation sites (N-methyl/N-ethyl adjacent to an activating group) is 1. The number of rotatable bonds is 8. The van der Waals surface area contributed by atoms with Gasteiger partial charge in [-0.1, -0.05) is 12.1 Å². The van der Waals surface area contributed by atoms with Crippen LogP contribution in [0.2, 0.25) is 0 Å². The summed E-state index contributed by atoms with van der Waals surface area (Å²) in [5.74, 6) is -0.522. The summed E-state index contributed by atoms with van der Waals surface area (Å²) in [4.78, 5) is 14.5. The van der Waals surface area contributed by atoms with Gasteiger partial charge in [-0.2, -0.15) is 0 Å². The summed E-state index contributed by atoms with van der Waals surface area (Å²) < 4.78 is 39.8. The SMILES string of the molecule is CC(C)NS(=O)(=O)c1ccc(NC(=O)[C@H](C)N(C)Cc2ccc(F)cc2)cc1. The Labute approximate surface area is 165 Å². The summed E-state index contributed by atoms with van der Waals surface area (Å²) in [5.41, 5.74) is 1.41. The van der Waals surface area contributed by atoms with Crippen LogP contribution in [-0.4, -0.2) is 38.4 Å². The molecule has 8 heteroatoms. The van der Waals surface area contributed by atoms with E-state index in [2.05, 4.69) is 10.0 Å². The topological polar surface area (TPSA) is 78.5 Å². The molecule has 152 valence electrons. The lowest BCUT2D eigenvalue weighted by atomic mass is 10.2. The summed E-state index contributed by atoms with van der Waals surface area (Å²) in [6, 6.07) is 11.5. The van der Waals surface area contributed by atoms with Crippen molar-refractivity contribution >= 4 is 21.6 Å². The molecule has 1 atom stereocenters. The number of nitrogens with zero attached hydrogens (tertiary/aromatic N) is 1. The average molecular weight is 408 g/mol. The fraction of sp³-hybridized carbons (Fsp3) is 0.350. The van der Waals surface area contributed by atoms with Crippen molar-refractivity contribution in [2.75, 3.05) is 12.4 Å². The minimum absolute atomic E-state index is 0.140. The Hall–Kier alpha value is -2.29. The van der Waals surface area contributed by atoms with Crippen LogP contribution in [0.5, 0.6) is 0 Å². The van der Waals surface area contributed by atoms with Crippen LogP contribution in [0.1, 0.15) is 26.3 Å². The molecule has 0 radical (unpaired) electrons. The summed E-state index contributed by atoms with van der Waals surface area (Å²) in [6.07, 6.45) is 0. The molecule has 1 amide bonds. The Morgan fingerprint density at radius 1 is 1.04 bits per heavy atom. The third-order valence-electron chi connectivity index (χ3n) is 4.21. The van der Waals surface area contributed by atoms with Gasteiger partial charge in [0, 0.05) is 18.3 Å². The number of anilines is 1. The van der Waals surface area contributed by atoms with E-state index in [4.69, 9.17) is 0 Å². The van der Waals surface area contributed by atoms with Crippen molar-refractivity contribution in [2.24, 2.45) is 0 Å². The molecule has 0 heterocycles. The van der Waals surface area contributed by atoms with E-state index in [1.807, 2.05) is 4.90 Å². The molecule has 2 aromatic rings. The van der Waals surface area contributed by atoms with Crippen LogP contribution in [0.25, 0.3) is 0 Å². The zero-order valence-corrected chi connectivity index (χ0v) is 17.3. The van der Waals surface area contributed by atoms with Gasteiger partial charge in [0.25, 0.3) is 0 Å². The minimum atomic E-state index is -3.57. The molecule has 2 N–H and O–H groups in total. The van der Waals surface area contributed by atoms with Gasteiger partial charge >= 0.3 is 0 Å². The number of benzene rings is 2. The lowest BCUT2D eigenvalue weighted by molar-refractivity contribution is -0.120. The van der Waals surface area contributed by atoms with E-state index in [0.717, 1.165) is 5.56 Å². The number of carbonyl (C=O) groups excluding carboxylic acids is 1. The third-order valence-corrected chi connectivity index (χ3v) is 5.88. The van der Waals surface area contributed by atoms with Crippen LogP contribution >= 0.6 is 0 Å². The van der Waals surface area contributed by atoms with Gasteiger partial charge in [-0.3, -0.25) is 9.69 Å². The van der Waals surface area contributed by atoms with E-state index in [1.54, 1.807) is 52.1 Å². The van der Waals surface area contributed by atoms with E-state index in [0.29, 0.717) is 12.2 Å². The first-order chi connectivity index (χ1) is 13.1. The number of sulfonamides is 1. The molecule has 0 aromatic heterocycles. The van der Waals surface area contributed by atoms with Gasteiger partial charge in [0.15, 0.2) is 0 Å². The molecule has 0 aliphatic heterocycles. The Morgan fingerprint density at radius 2 is 1.61 bits per heavy atom. The smallest absolute Gasteiger partial charge is 0.241 e. The molecule has 0 saturated heterocycles. The first-order valence-corrected chi connectivity index (χ1v) is 10.4. The Balaban J connectivity index is 1.98. The molecule has 0 unspecified atom stereocenters. The van der Waals surface area contributed by atoms with Gasteiger partial charge in [-0.05, 0) is 69.8 Å². The molecule has 2 rings (SSSR count). The van der Waals surface area contributed by atoms with Crippen molar-refractivity contribution in [3.8, 4) is 0 Å². The van der Waals surface area contributed by atoms with Crippen molar-refractivity contribution in [1.29, 1.82) is 0 Å². The Kier molecular flexibility index (Phi) is 7.29. The van der Waals surface area contributed by atoms with E-state index in [9.17, 15) is 17.6 Å². The number of nitrogens with one attached hydrogen (secondary N) is 2. The fourth-order valence-corrected chi connectivity index (χ4v) is 3.81. The molecule has 0 spiro atoms. The van der Waals surface area contributed by atoms with Gasteiger partial charge in [-0.15, -0.1) is 0 Å². The van der Waals surface area contributed by atoms with Crippen molar-refractivity contribution in [3.63, 3.8) is 0 Å². The van der Waals surface area contributed by atoms with Gasteiger partial charge in [-0.25, -0.2) is 17.5 Å². The monoisotopic (exact) mass is 407 g/mol. The second kappa shape index (κ2) is 9.27. The fourth-order valence-electron chi connectivity index (χ4n) is 2.56. The summed E-state index contributed by atoms with van der Waals surface area (Å²) in [7, 11) is -1.76. The second-order valence-corrected chi connectivity index (χ2v) is 8.72. The number of halogens is 1. The zero-order chi connectivity index (χ0) is 20.9. The van der Waals surface area contributed by atoms with E-state index < -0.39 is 16.1 Å². The quantitative estimate of drug-likeness (QED) is 0.705. The molecule has 6 nitrogen and oxygen atoms in total. The Bertz CT molecular complexity index is 897. The van der Waals surface area contributed by atoms with Crippen molar-refractivity contribution in [2.45, 2.75) is 44.3 Å². The molecule has 28 heavy (non-hydrogen) atoms. The zero-order valence-electron chi connectivity index (χ0n) is 16.4. The van der Waals surface area contributed by atoms with E-state index >= 15 is 0 Å². The molecular formula is C20H26FN3O3S. The van der Waals surface area contributed by atoms with Crippen LogP contribution < -0.4 is 10.0 Å². The van der Waals surface area contributed by atoms with Crippen LogP contribution in [-0.2, 0) is 21.4 Å². The normalized spacial score (nSPS) is 13.0. The lowest BCUT2D eigenvalue weighted by Crippen LogP contribution is -2.39. The van der Waals surface area contributed by atoms with E-state index in [1.165, 1.54) is 24.3 Å². The molecular weight excluding hydrogens is 381 g/mol. The molecule has 0 aliphatic carbocycles. The molecule has 0 bridgehead atoms. The highest BCUT2D eigenvalue weighted by molar-refractivity contribution is 7.89. The van der Waals surface area contributed by atoms with Crippen LogP contribution in [0, 0.1) is 5.82 Å². The van der Waals surface area contributed by atoms with Crippen molar-refractivity contribution < 1.29 is 17.6 Å².